The molecule has 0 aliphatic rings. The zero-order chi connectivity index (χ0) is 13.8. The number of benzene rings is 1. The average Bonchev–Trinajstić information content (AvgIpc) is 2.24. The number of rotatable bonds is 3. The zero-order valence-electron chi connectivity index (χ0n) is 12.3. The molecule has 0 saturated heterocycles. The Morgan fingerprint density at radius 2 is 1.67 bits per heavy atom. The second-order valence-corrected chi connectivity index (χ2v) is 5.89. The molecule has 98 valence electrons. The van der Waals surface area contributed by atoms with E-state index in [9.17, 15) is 0 Å². The summed E-state index contributed by atoms with van der Waals surface area (Å²) < 4.78 is 5.87. The summed E-state index contributed by atoms with van der Waals surface area (Å²) in [5.74, 6) is 0. The topological polar surface area (TPSA) is 13.6 Å². The molecule has 2 heteroatoms. The van der Waals surface area contributed by atoms with E-state index in [-0.39, 0.29) is 17.7 Å². The number of aryl methyl sites for hydroxylation is 1. The van der Waals surface area contributed by atoms with Crippen LogP contribution in [0.5, 0.6) is 0 Å². The van der Waals surface area contributed by atoms with Gasteiger partial charge in [0.05, 0.1) is 6.10 Å². The van der Waals surface area contributed by atoms with E-state index in [0.29, 0.717) is 0 Å². The largest absolute Gasteiger partial charge is 0.352 e. The van der Waals surface area contributed by atoms with Crippen molar-refractivity contribution in [1.82, 2.24) is 0 Å². The fraction of sp³-hybridized carbons (Fsp3) is 0.562. The van der Waals surface area contributed by atoms with Crippen molar-refractivity contribution < 1.29 is 4.74 Å². The molecule has 0 N–H and O–H groups in total. The summed E-state index contributed by atoms with van der Waals surface area (Å²) in [5.41, 5.74) is 2.22. The van der Waals surface area contributed by atoms with E-state index in [1.165, 1.54) is 5.56 Å². The van der Waals surface area contributed by atoms with Crippen LogP contribution in [0.4, 0.5) is 0 Å². The molecule has 0 bridgehead atoms. The highest BCUT2D eigenvalue weighted by Gasteiger charge is 2.22. The van der Waals surface area contributed by atoms with Crippen molar-refractivity contribution in [1.29, 1.82) is 0 Å². The first-order valence-electron chi connectivity index (χ1n) is 6.47. The first-order valence-corrected chi connectivity index (χ1v) is 6.47. The van der Waals surface area contributed by atoms with Gasteiger partial charge in [0, 0.05) is 20.8 Å². The van der Waals surface area contributed by atoms with Crippen molar-refractivity contribution in [2.45, 2.75) is 59.3 Å². The lowest BCUT2D eigenvalue weighted by molar-refractivity contribution is 0.0400. The Hall–Kier alpha value is -1.33. The van der Waals surface area contributed by atoms with Gasteiger partial charge in [0.2, 0.25) is 6.10 Å². The Morgan fingerprint density at radius 1 is 1.11 bits per heavy atom. The van der Waals surface area contributed by atoms with Gasteiger partial charge in [-0.2, -0.15) is 0 Å². The van der Waals surface area contributed by atoms with E-state index in [2.05, 4.69) is 62.9 Å². The standard InChI is InChI=1S/C16H24NO/c1-12(2)18-15(11-17-16(4,5)6)14-9-7-13(3)8-10-14/h7-10,12,15H,1-6H3/q+1. The molecule has 1 unspecified atom stereocenters. The van der Waals surface area contributed by atoms with Crippen LogP contribution in [-0.4, -0.2) is 11.6 Å². The zero-order valence-corrected chi connectivity index (χ0v) is 12.3. The molecule has 0 spiro atoms. The van der Waals surface area contributed by atoms with E-state index < -0.39 is 0 Å². The highest BCUT2D eigenvalue weighted by Crippen LogP contribution is 2.20. The predicted molar refractivity (Wildman–Crippen MR) is 77.1 cm³/mol. The Morgan fingerprint density at radius 3 is 2.11 bits per heavy atom. The van der Waals surface area contributed by atoms with Gasteiger partial charge < -0.3 is 4.74 Å². The molecule has 0 radical (unpaired) electrons. The monoisotopic (exact) mass is 246 g/mol. The summed E-state index contributed by atoms with van der Waals surface area (Å²) in [6.45, 7) is 12.3. The summed E-state index contributed by atoms with van der Waals surface area (Å²) in [4.78, 5) is 4.43. The molecule has 0 saturated carbocycles. The minimum Gasteiger partial charge on any atom is -0.352 e. The maximum atomic E-state index is 5.87. The predicted octanol–water partition coefficient (Wildman–Crippen LogP) is 4.59. The van der Waals surface area contributed by atoms with Crippen LogP contribution in [0.15, 0.2) is 24.3 Å². The third-order valence-corrected chi connectivity index (χ3v) is 2.31. The highest BCUT2D eigenvalue weighted by atomic mass is 16.5. The van der Waals surface area contributed by atoms with Crippen LogP contribution >= 0.6 is 0 Å². The molecule has 1 aromatic carbocycles. The van der Waals surface area contributed by atoms with Gasteiger partial charge in [0.1, 0.15) is 0 Å². The molecule has 1 aromatic rings. The van der Waals surface area contributed by atoms with Crippen LogP contribution < -0.4 is 0 Å². The Bertz CT molecular complexity index is 429. The van der Waals surface area contributed by atoms with E-state index in [1.807, 2.05) is 13.8 Å². The Balaban J connectivity index is 2.97. The number of hydrogen-bond acceptors (Lipinski definition) is 1. The number of nitrogens with zero attached hydrogens (tertiary/aromatic N) is 1. The van der Waals surface area contributed by atoms with Crippen LogP contribution in [0.25, 0.3) is 4.85 Å². The molecule has 0 aromatic heterocycles. The fourth-order valence-corrected chi connectivity index (χ4v) is 1.45. The average molecular weight is 246 g/mol. The second kappa shape index (κ2) is 6.02. The van der Waals surface area contributed by atoms with Crippen LogP contribution in [0.3, 0.4) is 0 Å². The van der Waals surface area contributed by atoms with Crippen LogP contribution in [0.2, 0.25) is 0 Å². The van der Waals surface area contributed by atoms with Crippen molar-refractivity contribution in [2.75, 3.05) is 0 Å². The fourth-order valence-electron chi connectivity index (χ4n) is 1.45. The molecule has 1 atom stereocenters. The van der Waals surface area contributed by atoms with Crippen molar-refractivity contribution in [3.8, 4) is 6.07 Å². The van der Waals surface area contributed by atoms with Gasteiger partial charge in [-0.05, 0) is 26.3 Å². The summed E-state index contributed by atoms with van der Waals surface area (Å²) in [7, 11) is 0. The highest BCUT2D eigenvalue weighted by molar-refractivity contribution is 5.27. The third-order valence-electron chi connectivity index (χ3n) is 2.31. The lowest BCUT2D eigenvalue weighted by atomic mass is 10.1. The number of ether oxygens (including phenoxy) is 1. The minimum atomic E-state index is -0.190. The molecule has 18 heavy (non-hydrogen) atoms. The molecule has 0 fully saturated rings. The van der Waals surface area contributed by atoms with Crippen LogP contribution in [-0.2, 0) is 4.74 Å². The van der Waals surface area contributed by atoms with E-state index in [0.717, 1.165) is 5.56 Å². The van der Waals surface area contributed by atoms with Gasteiger partial charge in [-0.3, -0.25) is 0 Å². The molecule has 0 heterocycles. The lowest BCUT2D eigenvalue weighted by Gasteiger charge is -2.12. The SMILES string of the molecule is Cc1ccc(C(C#[N+]C(C)(C)C)OC(C)C)cc1. The van der Waals surface area contributed by atoms with Crippen molar-refractivity contribution >= 4 is 0 Å². The van der Waals surface area contributed by atoms with E-state index in [1.54, 1.807) is 0 Å². The maximum Gasteiger partial charge on any atom is 0.310 e. The molecule has 0 amide bonds. The maximum absolute atomic E-state index is 5.87. The quantitative estimate of drug-likeness (QED) is 0.760. The molecular weight excluding hydrogens is 222 g/mol. The van der Waals surface area contributed by atoms with Crippen molar-refractivity contribution in [3.63, 3.8) is 0 Å². The third kappa shape index (κ3) is 5.33. The first-order chi connectivity index (χ1) is 8.28. The van der Waals surface area contributed by atoms with E-state index in [4.69, 9.17) is 4.74 Å². The minimum absolute atomic E-state index is 0.122. The van der Waals surface area contributed by atoms with Gasteiger partial charge in [0.15, 0.2) is 0 Å². The molecule has 1 rings (SSSR count). The van der Waals surface area contributed by atoms with E-state index >= 15 is 0 Å². The van der Waals surface area contributed by atoms with Crippen molar-refractivity contribution in [2.24, 2.45) is 0 Å². The van der Waals surface area contributed by atoms with Gasteiger partial charge in [0.25, 0.3) is 5.54 Å². The Kier molecular flexibility index (Phi) is 4.93. The van der Waals surface area contributed by atoms with Gasteiger partial charge in [-0.25, -0.2) is 0 Å². The number of hydrogen-bond donors (Lipinski definition) is 0. The molecule has 0 aliphatic carbocycles. The van der Waals surface area contributed by atoms with Crippen LogP contribution in [0.1, 0.15) is 51.8 Å². The summed E-state index contributed by atoms with van der Waals surface area (Å²) >= 11 is 0. The summed E-state index contributed by atoms with van der Waals surface area (Å²) in [6.07, 6.45) is -0.0382. The van der Waals surface area contributed by atoms with Crippen molar-refractivity contribution in [3.05, 3.63) is 40.2 Å². The smallest absolute Gasteiger partial charge is 0.310 e. The normalized spacial score (nSPS) is 13.1. The summed E-state index contributed by atoms with van der Waals surface area (Å²) in [5, 5.41) is 0. The van der Waals surface area contributed by atoms with Gasteiger partial charge in [-0.1, -0.05) is 34.7 Å². The van der Waals surface area contributed by atoms with Gasteiger partial charge in [-0.15, -0.1) is 0 Å². The first kappa shape index (κ1) is 14.7. The van der Waals surface area contributed by atoms with Crippen LogP contribution in [0, 0.1) is 13.0 Å². The summed E-state index contributed by atoms with van der Waals surface area (Å²) in [6, 6.07) is 11.5. The second-order valence-electron chi connectivity index (χ2n) is 5.89. The molecule has 0 aliphatic heterocycles. The molecule has 2 nitrogen and oxygen atoms in total. The Labute approximate surface area is 111 Å². The lowest BCUT2D eigenvalue weighted by Crippen LogP contribution is -2.11. The molecular formula is C16H24NO+. The van der Waals surface area contributed by atoms with Gasteiger partial charge >= 0.3 is 6.07 Å².